The Labute approximate surface area is 150 Å². The van der Waals surface area contributed by atoms with Gasteiger partial charge < -0.3 is 5.11 Å². The van der Waals surface area contributed by atoms with E-state index in [9.17, 15) is 5.11 Å². The van der Waals surface area contributed by atoms with E-state index in [1.807, 2.05) is 30.4 Å². The van der Waals surface area contributed by atoms with E-state index in [1.54, 1.807) is 17.4 Å². The SMILES string of the molecule is Cc1ccc2nc(-c3ccc(C=Cc4ccccc4O)cc3)sc2c1. The molecule has 0 aliphatic rings. The number of para-hydroxylation sites is 1. The lowest BCUT2D eigenvalue weighted by Crippen LogP contribution is -1.78. The highest BCUT2D eigenvalue weighted by Crippen LogP contribution is 2.31. The Morgan fingerprint density at radius 2 is 1.72 bits per heavy atom. The third-order valence-electron chi connectivity index (χ3n) is 4.09. The number of aromatic nitrogens is 1. The summed E-state index contributed by atoms with van der Waals surface area (Å²) >= 11 is 1.72. The van der Waals surface area contributed by atoms with Crippen LogP contribution in [0.1, 0.15) is 16.7 Å². The van der Waals surface area contributed by atoms with Gasteiger partial charge >= 0.3 is 0 Å². The standard InChI is InChI=1S/C22H17NOS/c1-15-6-13-19-21(14-15)25-22(23-19)18-11-8-16(9-12-18)7-10-17-4-2-3-5-20(17)24/h2-14,24H,1H3. The molecule has 0 spiro atoms. The molecule has 1 N–H and O–H groups in total. The minimum Gasteiger partial charge on any atom is -0.507 e. The second kappa shape index (κ2) is 6.54. The Bertz CT molecular complexity index is 1060. The molecule has 2 nitrogen and oxygen atoms in total. The molecule has 0 aliphatic carbocycles. The van der Waals surface area contributed by atoms with Crippen molar-refractivity contribution < 1.29 is 5.11 Å². The lowest BCUT2D eigenvalue weighted by Gasteiger charge is -1.99. The van der Waals surface area contributed by atoms with E-state index in [2.05, 4.69) is 49.4 Å². The van der Waals surface area contributed by atoms with Gasteiger partial charge in [-0.2, -0.15) is 0 Å². The first-order chi connectivity index (χ1) is 12.2. The van der Waals surface area contributed by atoms with Crippen LogP contribution < -0.4 is 0 Å². The summed E-state index contributed by atoms with van der Waals surface area (Å²) in [5.41, 5.74) is 5.33. The second-order valence-corrected chi connectivity index (χ2v) is 7.04. The maximum Gasteiger partial charge on any atom is 0.124 e. The summed E-state index contributed by atoms with van der Waals surface area (Å²) < 4.78 is 1.22. The molecular weight excluding hydrogens is 326 g/mol. The third-order valence-corrected chi connectivity index (χ3v) is 5.16. The van der Waals surface area contributed by atoms with Crippen molar-refractivity contribution in [2.45, 2.75) is 6.92 Å². The number of nitrogens with zero attached hydrogens (tertiary/aromatic N) is 1. The van der Waals surface area contributed by atoms with Crippen LogP contribution >= 0.6 is 11.3 Å². The highest BCUT2D eigenvalue weighted by Gasteiger charge is 2.06. The summed E-state index contributed by atoms with van der Waals surface area (Å²) in [5, 5.41) is 10.9. The minimum atomic E-state index is 0.292. The van der Waals surface area contributed by atoms with Crippen molar-refractivity contribution in [3.05, 3.63) is 83.4 Å². The molecule has 0 unspecified atom stereocenters. The van der Waals surface area contributed by atoms with Gasteiger partial charge in [0.1, 0.15) is 10.8 Å². The average molecular weight is 343 g/mol. The molecule has 25 heavy (non-hydrogen) atoms. The van der Waals surface area contributed by atoms with Crippen molar-refractivity contribution in [1.82, 2.24) is 4.98 Å². The molecule has 0 fully saturated rings. The molecule has 122 valence electrons. The predicted molar refractivity (Wildman–Crippen MR) is 107 cm³/mol. The van der Waals surface area contributed by atoms with E-state index in [0.29, 0.717) is 5.75 Å². The van der Waals surface area contributed by atoms with E-state index in [1.165, 1.54) is 10.3 Å². The topological polar surface area (TPSA) is 33.1 Å². The van der Waals surface area contributed by atoms with Gasteiger partial charge in [-0.3, -0.25) is 0 Å². The zero-order valence-corrected chi connectivity index (χ0v) is 14.6. The van der Waals surface area contributed by atoms with Crippen molar-refractivity contribution in [2.75, 3.05) is 0 Å². The van der Waals surface area contributed by atoms with Crippen LogP contribution in [-0.2, 0) is 0 Å². The summed E-state index contributed by atoms with van der Waals surface area (Å²) in [6, 6.07) is 22.0. The molecule has 0 saturated heterocycles. The number of benzene rings is 3. The minimum absolute atomic E-state index is 0.292. The van der Waals surface area contributed by atoms with E-state index >= 15 is 0 Å². The molecular formula is C22H17NOS. The van der Waals surface area contributed by atoms with Gasteiger partial charge in [-0.05, 0) is 36.2 Å². The number of hydrogen-bond donors (Lipinski definition) is 1. The molecule has 3 heteroatoms. The lowest BCUT2D eigenvalue weighted by atomic mass is 10.1. The van der Waals surface area contributed by atoms with Gasteiger partial charge in [0, 0.05) is 11.1 Å². The zero-order chi connectivity index (χ0) is 17.2. The van der Waals surface area contributed by atoms with Crippen molar-refractivity contribution in [3.8, 4) is 16.3 Å². The second-order valence-electron chi connectivity index (χ2n) is 6.00. The first-order valence-corrected chi connectivity index (χ1v) is 8.94. The average Bonchev–Trinajstić information content (AvgIpc) is 3.04. The highest BCUT2D eigenvalue weighted by molar-refractivity contribution is 7.21. The van der Waals surface area contributed by atoms with E-state index in [-0.39, 0.29) is 0 Å². The van der Waals surface area contributed by atoms with Gasteiger partial charge in [0.05, 0.1) is 10.2 Å². The molecule has 1 heterocycles. The fourth-order valence-corrected chi connectivity index (χ4v) is 3.78. The normalized spacial score (nSPS) is 11.4. The highest BCUT2D eigenvalue weighted by atomic mass is 32.1. The monoisotopic (exact) mass is 343 g/mol. The van der Waals surface area contributed by atoms with Crippen LogP contribution in [0.15, 0.2) is 66.7 Å². The third kappa shape index (κ3) is 3.32. The molecule has 0 radical (unpaired) electrons. The number of hydrogen-bond acceptors (Lipinski definition) is 3. The summed E-state index contributed by atoms with van der Waals surface area (Å²) in [5.74, 6) is 0.292. The smallest absolute Gasteiger partial charge is 0.124 e. The largest absolute Gasteiger partial charge is 0.507 e. The van der Waals surface area contributed by atoms with Crippen LogP contribution in [0.5, 0.6) is 5.75 Å². The maximum absolute atomic E-state index is 9.81. The lowest BCUT2D eigenvalue weighted by molar-refractivity contribution is 0.474. The summed E-state index contributed by atoms with van der Waals surface area (Å²) in [4.78, 5) is 4.73. The van der Waals surface area contributed by atoms with Crippen LogP contribution in [0.2, 0.25) is 0 Å². The van der Waals surface area contributed by atoms with Crippen LogP contribution in [0, 0.1) is 6.92 Å². The number of phenols is 1. The molecule has 0 aliphatic heterocycles. The van der Waals surface area contributed by atoms with Crippen molar-refractivity contribution in [3.63, 3.8) is 0 Å². The molecule has 0 bridgehead atoms. The number of aromatic hydroxyl groups is 1. The summed E-state index contributed by atoms with van der Waals surface area (Å²) in [6.07, 6.45) is 3.92. The Hall–Kier alpha value is -2.91. The van der Waals surface area contributed by atoms with Crippen LogP contribution in [0.25, 0.3) is 32.9 Å². The zero-order valence-electron chi connectivity index (χ0n) is 13.8. The van der Waals surface area contributed by atoms with Crippen LogP contribution in [0.4, 0.5) is 0 Å². The molecule has 3 aromatic carbocycles. The van der Waals surface area contributed by atoms with E-state index < -0.39 is 0 Å². The number of thiazole rings is 1. The van der Waals surface area contributed by atoms with Gasteiger partial charge in [0.15, 0.2) is 0 Å². The molecule has 1 aromatic heterocycles. The van der Waals surface area contributed by atoms with Crippen molar-refractivity contribution in [2.24, 2.45) is 0 Å². The molecule has 0 saturated carbocycles. The predicted octanol–water partition coefficient (Wildman–Crippen LogP) is 6.15. The molecule has 0 amide bonds. The summed E-state index contributed by atoms with van der Waals surface area (Å²) in [7, 11) is 0. The first-order valence-electron chi connectivity index (χ1n) is 8.13. The van der Waals surface area contributed by atoms with Crippen LogP contribution in [0.3, 0.4) is 0 Å². The van der Waals surface area contributed by atoms with Crippen LogP contribution in [-0.4, -0.2) is 10.1 Å². The fourth-order valence-electron chi connectivity index (χ4n) is 2.71. The molecule has 4 aromatic rings. The maximum atomic E-state index is 9.81. The van der Waals surface area contributed by atoms with Gasteiger partial charge in [-0.15, -0.1) is 11.3 Å². The summed E-state index contributed by atoms with van der Waals surface area (Å²) in [6.45, 7) is 2.10. The number of rotatable bonds is 3. The Balaban J connectivity index is 1.60. The quantitative estimate of drug-likeness (QED) is 0.453. The molecule has 4 rings (SSSR count). The van der Waals surface area contributed by atoms with E-state index in [4.69, 9.17) is 4.98 Å². The first kappa shape index (κ1) is 15.6. The number of fused-ring (bicyclic) bond motifs is 1. The van der Waals surface area contributed by atoms with Gasteiger partial charge in [-0.25, -0.2) is 4.98 Å². The molecule has 0 atom stereocenters. The van der Waals surface area contributed by atoms with Gasteiger partial charge in [0.2, 0.25) is 0 Å². The van der Waals surface area contributed by atoms with E-state index in [0.717, 1.165) is 27.2 Å². The Morgan fingerprint density at radius 3 is 2.52 bits per heavy atom. The number of phenolic OH excluding ortho intramolecular Hbond substituents is 1. The van der Waals surface area contributed by atoms with Crippen molar-refractivity contribution in [1.29, 1.82) is 0 Å². The fraction of sp³-hybridized carbons (Fsp3) is 0.0455. The van der Waals surface area contributed by atoms with Crippen molar-refractivity contribution >= 4 is 33.7 Å². The van der Waals surface area contributed by atoms with Gasteiger partial charge in [-0.1, -0.05) is 60.7 Å². The Kier molecular flexibility index (Phi) is 4.08. The number of aryl methyl sites for hydroxylation is 1. The Morgan fingerprint density at radius 1 is 0.920 bits per heavy atom. The van der Waals surface area contributed by atoms with Gasteiger partial charge in [0.25, 0.3) is 0 Å².